The lowest BCUT2D eigenvalue weighted by Crippen LogP contribution is -2.53. The Labute approximate surface area is 229 Å². The summed E-state index contributed by atoms with van der Waals surface area (Å²) in [6, 6.07) is 5.58. The molecule has 0 spiro atoms. The van der Waals surface area contributed by atoms with Crippen molar-refractivity contribution in [2.24, 2.45) is 0 Å². The van der Waals surface area contributed by atoms with Crippen LogP contribution in [-0.4, -0.2) is 69.0 Å². The smallest absolute Gasteiger partial charge is 0.277 e. The van der Waals surface area contributed by atoms with Crippen LogP contribution in [0.2, 0.25) is 0 Å². The number of fused-ring (bicyclic) bond motifs is 1. The molecule has 2 aliphatic rings. The Hall–Kier alpha value is -3.61. The van der Waals surface area contributed by atoms with Crippen LogP contribution in [0.5, 0.6) is 0 Å². The van der Waals surface area contributed by atoms with Crippen LogP contribution >= 0.6 is 11.3 Å². The molecule has 2 N–H and O–H groups in total. The number of oxazole rings is 1. The molecule has 12 heteroatoms. The molecule has 4 aromatic rings. The van der Waals surface area contributed by atoms with E-state index in [1.807, 2.05) is 30.9 Å². The standard InChI is InChI=1S/C27H31N7O4S/c1-16-11-18(7-8-28-16)25-30-20(14-37-25)24(35)29-19-12-21-22(31-23(19)33-9-5-4-6-10-33)32-26(39-21)34-13-17(2)38-27(3,36)15-34/h7-8,11-12,14,17,36H,4-6,9-10,13,15H2,1-3H3,(H,29,35)/t17-,27?/m1/s1. The van der Waals surface area contributed by atoms with E-state index in [2.05, 4.69) is 20.2 Å². The SMILES string of the molecule is Cc1cc(-c2nc(C(=O)Nc3cc4sc(N5C[C@@H](C)OC(C)(O)C5)nc4nc3N3CCCCC3)co2)ccn1. The third-order valence-electron chi connectivity index (χ3n) is 6.82. The summed E-state index contributed by atoms with van der Waals surface area (Å²) in [5.74, 6) is -0.577. The molecule has 2 atom stereocenters. The summed E-state index contributed by atoms with van der Waals surface area (Å²) in [6.07, 6.45) is 6.21. The maximum atomic E-state index is 13.3. The second kappa shape index (κ2) is 10.2. The molecule has 1 amide bonds. The number of amides is 1. The number of ether oxygens (including phenoxy) is 1. The highest BCUT2D eigenvalue weighted by Crippen LogP contribution is 2.37. The number of aliphatic hydroxyl groups is 1. The molecule has 0 bridgehead atoms. The molecule has 39 heavy (non-hydrogen) atoms. The van der Waals surface area contributed by atoms with Gasteiger partial charge in [-0.2, -0.15) is 4.98 Å². The number of β-amino-alcohol motifs (C(OH)–C–C–N with tert-alkyl or cyclic N) is 1. The Morgan fingerprint density at radius 2 is 2.00 bits per heavy atom. The second-order valence-electron chi connectivity index (χ2n) is 10.4. The first-order valence-corrected chi connectivity index (χ1v) is 14.0. The maximum Gasteiger partial charge on any atom is 0.277 e. The molecule has 2 fully saturated rings. The van der Waals surface area contributed by atoms with Crippen molar-refractivity contribution < 1.29 is 19.1 Å². The van der Waals surface area contributed by atoms with Crippen molar-refractivity contribution in [3.05, 3.63) is 42.0 Å². The van der Waals surface area contributed by atoms with E-state index < -0.39 is 5.79 Å². The monoisotopic (exact) mass is 549 g/mol. The fourth-order valence-electron chi connectivity index (χ4n) is 5.18. The highest BCUT2D eigenvalue weighted by atomic mass is 32.1. The van der Waals surface area contributed by atoms with Crippen LogP contribution in [0.25, 0.3) is 21.8 Å². The molecule has 11 nitrogen and oxygen atoms in total. The first-order chi connectivity index (χ1) is 18.7. The van der Waals surface area contributed by atoms with Crippen LogP contribution in [-0.2, 0) is 4.74 Å². The number of hydrogen-bond donors (Lipinski definition) is 2. The summed E-state index contributed by atoms with van der Waals surface area (Å²) in [5.41, 5.74) is 2.99. The van der Waals surface area contributed by atoms with Gasteiger partial charge in [0.2, 0.25) is 5.89 Å². The minimum absolute atomic E-state index is 0.143. The first-order valence-electron chi connectivity index (χ1n) is 13.2. The van der Waals surface area contributed by atoms with E-state index in [4.69, 9.17) is 19.1 Å². The number of morpholine rings is 1. The lowest BCUT2D eigenvalue weighted by atomic mass is 10.1. The minimum Gasteiger partial charge on any atom is -0.444 e. The number of hydrogen-bond acceptors (Lipinski definition) is 11. The van der Waals surface area contributed by atoms with Crippen molar-refractivity contribution in [1.29, 1.82) is 0 Å². The van der Waals surface area contributed by atoms with Gasteiger partial charge in [-0.1, -0.05) is 11.3 Å². The normalized spacial score (nSPS) is 21.9. The van der Waals surface area contributed by atoms with Gasteiger partial charge in [0.25, 0.3) is 5.91 Å². The number of pyridine rings is 2. The quantitative estimate of drug-likeness (QED) is 0.373. The number of aromatic nitrogens is 4. The van der Waals surface area contributed by atoms with Crippen molar-refractivity contribution in [2.75, 3.05) is 41.3 Å². The zero-order valence-electron chi connectivity index (χ0n) is 22.2. The van der Waals surface area contributed by atoms with Gasteiger partial charge in [-0.25, -0.2) is 9.97 Å². The largest absolute Gasteiger partial charge is 0.444 e. The number of rotatable bonds is 5. The molecule has 0 aromatic carbocycles. The van der Waals surface area contributed by atoms with Gasteiger partial charge in [0.15, 0.2) is 28.1 Å². The first kappa shape index (κ1) is 25.7. The number of piperidine rings is 1. The lowest BCUT2D eigenvalue weighted by molar-refractivity contribution is -0.219. The second-order valence-corrected chi connectivity index (χ2v) is 11.4. The average molecular weight is 550 g/mol. The fourth-order valence-corrected chi connectivity index (χ4v) is 6.13. The molecule has 204 valence electrons. The number of aryl methyl sites for hydroxylation is 1. The van der Waals surface area contributed by atoms with E-state index in [-0.39, 0.29) is 17.7 Å². The topological polar surface area (TPSA) is 130 Å². The molecular weight excluding hydrogens is 518 g/mol. The molecule has 4 aromatic heterocycles. The van der Waals surface area contributed by atoms with Crippen molar-refractivity contribution in [3.63, 3.8) is 0 Å². The van der Waals surface area contributed by atoms with Gasteiger partial charge < -0.3 is 29.4 Å². The van der Waals surface area contributed by atoms with Crippen molar-refractivity contribution in [1.82, 2.24) is 19.9 Å². The predicted octanol–water partition coefficient (Wildman–Crippen LogP) is 4.23. The number of nitrogens with one attached hydrogen (secondary N) is 1. The lowest BCUT2D eigenvalue weighted by Gasteiger charge is -2.40. The van der Waals surface area contributed by atoms with Crippen LogP contribution in [0.15, 0.2) is 35.1 Å². The van der Waals surface area contributed by atoms with Gasteiger partial charge in [0.1, 0.15) is 6.26 Å². The summed E-state index contributed by atoms with van der Waals surface area (Å²) in [5, 5.41) is 14.3. The van der Waals surface area contributed by atoms with E-state index in [9.17, 15) is 9.90 Å². The van der Waals surface area contributed by atoms with Crippen LogP contribution in [0.1, 0.15) is 49.3 Å². The Kier molecular flexibility index (Phi) is 6.69. The molecule has 2 saturated heterocycles. The van der Waals surface area contributed by atoms with Crippen molar-refractivity contribution >= 4 is 44.2 Å². The summed E-state index contributed by atoms with van der Waals surface area (Å²) < 4.78 is 12.1. The molecule has 0 radical (unpaired) electrons. The fraction of sp³-hybridized carbons (Fsp3) is 0.444. The van der Waals surface area contributed by atoms with E-state index in [0.29, 0.717) is 36.1 Å². The highest BCUT2D eigenvalue weighted by molar-refractivity contribution is 7.22. The highest BCUT2D eigenvalue weighted by Gasteiger charge is 2.35. The molecule has 0 aliphatic carbocycles. The van der Waals surface area contributed by atoms with E-state index in [1.165, 1.54) is 24.0 Å². The summed E-state index contributed by atoms with van der Waals surface area (Å²) in [6.45, 7) is 8.12. The van der Waals surface area contributed by atoms with Crippen molar-refractivity contribution in [2.45, 2.75) is 51.9 Å². The average Bonchev–Trinajstić information content (AvgIpc) is 3.55. The molecule has 6 heterocycles. The van der Waals surface area contributed by atoms with Crippen molar-refractivity contribution in [3.8, 4) is 11.5 Å². The molecule has 1 unspecified atom stereocenters. The van der Waals surface area contributed by atoms with Gasteiger partial charge in [-0.15, -0.1) is 0 Å². The zero-order chi connectivity index (χ0) is 27.1. The predicted molar refractivity (Wildman–Crippen MR) is 149 cm³/mol. The Morgan fingerprint density at radius 3 is 2.77 bits per heavy atom. The third kappa shape index (κ3) is 5.45. The summed E-state index contributed by atoms with van der Waals surface area (Å²) in [4.78, 5) is 35.9. The minimum atomic E-state index is -1.26. The zero-order valence-corrected chi connectivity index (χ0v) is 23.0. The van der Waals surface area contributed by atoms with Gasteiger partial charge in [-0.3, -0.25) is 9.78 Å². The maximum absolute atomic E-state index is 13.3. The Morgan fingerprint density at radius 1 is 1.18 bits per heavy atom. The van der Waals surface area contributed by atoms with Crippen LogP contribution in [0, 0.1) is 6.92 Å². The van der Waals surface area contributed by atoms with Gasteiger partial charge in [0.05, 0.1) is 23.0 Å². The Balaban J connectivity index is 1.32. The van der Waals surface area contributed by atoms with Gasteiger partial charge in [0, 0.05) is 37.1 Å². The molecule has 6 rings (SSSR count). The van der Waals surface area contributed by atoms with Gasteiger partial charge >= 0.3 is 0 Å². The molecule has 0 saturated carbocycles. The molecule has 2 aliphatic heterocycles. The van der Waals surface area contributed by atoms with Crippen LogP contribution in [0.4, 0.5) is 16.6 Å². The number of carbonyl (C=O) groups excluding carboxylic acids is 1. The third-order valence-corrected chi connectivity index (χ3v) is 7.88. The number of carbonyl (C=O) groups is 1. The summed E-state index contributed by atoms with van der Waals surface area (Å²) >= 11 is 1.48. The summed E-state index contributed by atoms with van der Waals surface area (Å²) in [7, 11) is 0. The number of thiazole rings is 1. The van der Waals surface area contributed by atoms with E-state index in [0.717, 1.165) is 47.0 Å². The molecular formula is C27H31N7O4S. The number of anilines is 3. The van der Waals surface area contributed by atoms with E-state index >= 15 is 0 Å². The van der Waals surface area contributed by atoms with Gasteiger partial charge in [-0.05, 0) is 58.2 Å². The Bertz CT molecular complexity index is 1510. The van der Waals surface area contributed by atoms with E-state index in [1.54, 1.807) is 19.2 Å². The number of nitrogens with zero attached hydrogens (tertiary/aromatic N) is 6. The van der Waals surface area contributed by atoms with Crippen LogP contribution < -0.4 is 15.1 Å². The van der Waals surface area contributed by atoms with Crippen LogP contribution in [0.3, 0.4) is 0 Å².